The molecule has 4 heteroatoms. The zero-order chi connectivity index (χ0) is 11.1. The average Bonchev–Trinajstić information content (AvgIpc) is 2.98. The van der Waals surface area contributed by atoms with Gasteiger partial charge in [-0.05, 0) is 24.1 Å². The van der Waals surface area contributed by atoms with E-state index in [0.717, 1.165) is 18.5 Å². The van der Waals surface area contributed by atoms with Gasteiger partial charge in [0, 0.05) is 6.54 Å². The largest absolute Gasteiger partial charge is 0.363 e. The summed E-state index contributed by atoms with van der Waals surface area (Å²) in [6.07, 6.45) is 0.665. The number of hydrogen-bond acceptors (Lipinski definition) is 2. The van der Waals surface area contributed by atoms with Crippen molar-refractivity contribution in [3.05, 3.63) is 35.6 Å². The third-order valence-corrected chi connectivity index (χ3v) is 3.14. The van der Waals surface area contributed by atoms with Crippen LogP contribution >= 0.6 is 0 Å². The Hall–Kier alpha value is -1.42. The molecule has 2 fully saturated rings. The maximum Gasteiger partial charge on any atom is 0.254 e. The van der Waals surface area contributed by atoms with Crippen molar-refractivity contribution in [2.75, 3.05) is 13.2 Å². The number of hydrogen-bond donors (Lipinski definition) is 0. The Kier molecular flexibility index (Phi) is 2.17. The molecule has 16 heavy (non-hydrogen) atoms. The quantitative estimate of drug-likeness (QED) is 0.709. The van der Waals surface area contributed by atoms with Crippen LogP contribution in [0.3, 0.4) is 0 Å². The minimum absolute atomic E-state index is 0.0346. The lowest BCUT2D eigenvalue weighted by Crippen LogP contribution is -2.47. The summed E-state index contributed by atoms with van der Waals surface area (Å²) in [6, 6.07) is 6.49. The molecule has 1 aromatic carbocycles. The van der Waals surface area contributed by atoms with Gasteiger partial charge in [-0.1, -0.05) is 12.1 Å². The van der Waals surface area contributed by atoms with Gasteiger partial charge in [0.2, 0.25) is 0 Å². The number of carbonyl (C=O) groups excluding carboxylic acids is 1. The Morgan fingerprint density at radius 3 is 2.88 bits per heavy atom. The molecular formula is C12H12FNO2. The van der Waals surface area contributed by atoms with Crippen molar-refractivity contribution in [1.29, 1.82) is 0 Å². The smallest absolute Gasteiger partial charge is 0.254 e. The summed E-state index contributed by atoms with van der Waals surface area (Å²) in [4.78, 5) is 13.5. The number of nitrogens with zero attached hydrogens (tertiary/aromatic N) is 1. The summed E-state index contributed by atoms with van der Waals surface area (Å²) in [7, 11) is 0. The molecule has 2 atom stereocenters. The SMILES string of the molecule is O=C(C1CO1)N1CCC1c1cccc(F)c1. The number of amides is 1. The van der Waals surface area contributed by atoms with Crippen molar-refractivity contribution >= 4 is 5.91 Å². The van der Waals surface area contributed by atoms with Crippen molar-refractivity contribution in [3.63, 3.8) is 0 Å². The second kappa shape index (κ2) is 3.56. The second-order valence-electron chi connectivity index (χ2n) is 4.21. The van der Waals surface area contributed by atoms with Crippen LogP contribution in [0.4, 0.5) is 4.39 Å². The van der Waals surface area contributed by atoms with Gasteiger partial charge in [0.05, 0.1) is 12.6 Å². The van der Waals surface area contributed by atoms with Gasteiger partial charge in [0.1, 0.15) is 5.82 Å². The number of rotatable bonds is 2. The fourth-order valence-electron chi connectivity index (χ4n) is 2.09. The first-order chi connectivity index (χ1) is 7.75. The summed E-state index contributed by atoms with van der Waals surface area (Å²) in [5.41, 5.74) is 0.875. The van der Waals surface area contributed by atoms with Gasteiger partial charge >= 0.3 is 0 Å². The predicted octanol–water partition coefficient (Wildman–Crippen LogP) is 1.50. The lowest BCUT2D eigenvalue weighted by atomic mass is 9.94. The van der Waals surface area contributed by atoms with E-state index in [4.69, 9.17) is 4.74 Å². The zero-order valence-corrected chi connectivity index (χ0v) is 8.73. The number of epoxide rings is 1. The fourth-order valence-corrected chi connectivity index (χ4v) is 2.09. The molecule has 0 saturated carbocycles. The van der Waals surface area contributed by atoms with Crippen molar-refractivity contribution in [1.82, 2.24) is 4.90 Å². The first-order valence-electron chi connectivity index (χ1n) is 5.43. The third kappa shape index (κ3) is 1.59. The zero-order valence-electron chi connectivity index (χ0n) is 8.73. The highest BCUT2D eigenvalue weighted by molar-refractivity contribution is 5.84. The van der Waals surface area contributed by atoms with Gasteiger partial charge in [0.15, 0.2) is 6.10 Å². The van der Waals surface area contributed by atoms with Crippen LogP contribution in [0, 0.1) is 5.82 Å². The highest BCUT2D eigenvalue weighted by Gasteiger charge is 2.42. The second-order valence-corrected chi connectivity index (χ2v) is 4.21. The van der Waals surface area contributed by atoms with E-state index in [1.807, 2.05) is 6.07 Å². The summed E-state index contributed by atoms with van der Waals surface area (Å²) in [5.74, 6) is -0.208. The lowest BCUT2D eigenvalue weighted by Gasteiger charge is -2.41. The summed E-state index contributed by atoms with van der Waals surface area (Å²) < 4.78 is 18.0. The van der Waals surface area contributed by atoms with Gasteiger partial charge in [-0.25, -0.2) is 4.39 Å². The monoisotopic (exact) mass is 221 g/mol. The summed E-state index contributed by atoms with van der Waals surface area (Å²) >= 11 is 0. The van der Waals surface area contributed by atoms with Crippen molar-refractivity contribution in [2.45, 2.75) is 18.6 Å². The highest BCUT2D eigenvalue weighted by Crippen LogP contribution is 2.35. The Labute approximate surface area is 92.8 Å². The van der Waals surface area contributed by atoms with E-state index in [1.54, 1.807) is 11.0 Å². The molecule has 84 valence electrons. The van der Waals surface area contributed by atoms with Crippen LogP contribution in [0.2, 0.25) is 0 Å². The molecule has 3 nitrogen and oxygen atoms in total. The van der Waals surface area contributed by atoms with E-state index in [1.165, 1.54) is 12.1 Å². The highest BCUT2D eigenvalue weighted by atomic mass is 19.1. The molecule has 1 aromatic rings. The number of halogens is 1. The molecule has 0 radical (unpaired) electrons. The molecule has 0 aliphatic carbocycles. The molecule has 3 rings (SSSR count). The van der Waals surface area contributed by atoms with Crippen LogP contribution in [-0.2, 0) is 9.53 Å². The molecule has 2 aliphatic heterocycles. The van der Waals surface area contributed by atoms with Crippen LogP contribution in [0.15, 0.2) is 24.3 Å². The summed E-state index contributed by atoms with van der Waals surface area (Å²) in [6.45, 7) is 1.28. The first-order valence-corrected chi connectivity index (χ1v) is 5.43. The number of benzene rings is 1. The van der Waals surface area contributed by atoms with E-state index < -0.39 is 0 Å². The van der Waals surface area contributed by atoms with Crippen molar-refractivity contribution < 1.29 is 13.9 Å². The number of likely N-dealkylation sites (tertiary alicyclic amines) is 1. The molecule has 2 saturated heterocycles. The minimum Gasteiger partial charge on any atom is -0.363 e. The van der Waals surface area contributed by atoms with Gasteiger partial charge in [0.25, 0.3) is 5.91 Å². The molecule has 2 heterocycles. The maximum absolute atomic E-state index is 13.1. The standard InChI is InChI=1S/C12H12FNO2/c13-9-3-1-2-8(6-9)10-4-5-14(10)12(15)11-7-16-11/h1-3,6,10-11H,4-5,7H2. The number of ether oxygens (including phenoxy) is 1. The molecule has 2 aliphatic rings. The van der Waals surface area contributed by atoms with E-state index in [2.05, 4.69) is 0 Å². The fraction of sp³-hybridized carbons (Fsp3) is 0.417. The van der Waals surface area contributed by atoms with Crippen LogP contribution in [0.25, 0.3) is 0 Å². The number of carbonyl (C=O) groups is 1. The Morgan fingerprint density at radius 1 is 1.50 bits per heavy atom. The molecular weight excluding hydrogens is 209 g/mol. The van der Waals surface area contributed by atoms with E-state index >= 15 is 0 Å². The van der Waals surface area contributed by atoms with Gasteiger partial charge in [-0.3, -0.25) is 4.79 Å². The normalized spacial score (nSPS) is 27.4. The predicted molar refractivity (Wildman–Crippen MR) is 55.2 cm³/mol. The van der Waals surface area contributed by atoms with Crippen LogP contribution in [0.1, 0.15) is 18.0 Å². The molecule has 0 aromatic heterocycles. The van der Waals surface area contributed by atoms with E-state index in [-0.39, 0.29) is 23.9 Å². The van der Waals surface area contributed by atoms with Crippen LogP contribution in [-0.4, -0.2) is 30.1 Å². The first kappa shape index (κ1) is 9.78. The molecule has 0 spiro atoms. The van der Waals surface area contributed by atoms with Crippen molar-refractivity contribution in [3.8, 4) is 0 Å². The third-order valence-electron chi connectivity index (χ3n) is 3.14. The lowest BCUT2D eigenvalue weighted by molar-refractivity contribution is -0.140. The van der Waals surface area contributed by atoms with Crippen LogP contribution in [0.5, 0.6) is 0 Å². The minimum atomic E-state index is -0.250. The Morgan fingerprint density at radius 2 is 2.31 bits per heavy atom. The molecule has 1 amide bonds. The van der Waals surface area contributed by atoms with Crippen molar-refractivity contribution in [2.24, 2.45) is 0 Å². The van der Waals surface area contributed by atoms with Gasteiger partial charge in [-0.2, -0.15) is 0 Å². The Bertz CT molecular complexity index is 431. The topological polar surface area (TPSA) is 32.8 Å². The average molecular weight is 221 g/mol. The Balaban J connectivity index is 1.77. The molecule has 0 bridgehead atoms. The molecule has 2 unspecified atom stereocenters. The maximum atomic E-state index is 13.1. The molecule has 0 N–H and O–H groups in total. The van der Waals surface area contributed by atoms with E-state index in [9.17, 15) is 9.18 Å². The summed E-state index contributed by atoms with van der Waals surface area (Å²) in [5, 5.41) is 0. The van der Waals surface area contributed by atoms with Crippen LogP contribution < -0.4 is 0 Å². The van der Waals surface area contributed by atoms with E-state index in [0.29, 0.717) is 6.61 Å². The van der Waals surface area contributed by atoms with Gasteiger partial charge < -0.3 is 9.64 Å². The van der Waals surface area contributed by atoms with Gasteiger partial charge in [-0.15, -0.1) is 0 Å².